The van der Waals surface area contributed by atoms with Crippen molar-refractivity contribution < 1.29 is 18.7 Å². The van der Waals surface area contributed by atoms with Crippen molar-refractivity contribution in [2.45, 2.75) is 11.8 Å². The van der Waals surface area contributed by atoms with Crippen LogP contribution < -0.4 is 0 Å². The van der Waals surface area contributed by atoms with E-state index >= 15 is 0 Å². The molecular weight excluding hydrogens is 190 g/mol. The first-order valence-electron chi connectivity index (χ1n) is 4.20. The fraction of sp³-hybridized carbons (Fsp3) is 0.300. The Labute approximate surface area is 79.2 Å². The van der Waals surface area contributed by atoms with Crippen LogP contribution in [-0.2, 0) is 4.79 Å². The second kappa shape index (κ2) is 2.77. The van der Waals surface area contributed by atoms with Gasteiger partial charge in [-0.05, 0) is 5.56 Å². The first-order valence-corrected chi connectivity index (χ1v) is 4.20. The number of carbonyl (C=O) groups is 1. The minimum Gasteiger partial charge on any atom is -0.481 e. The fourth-order valence-electron chi connectivity index (χ4n) is 1.71. The van der Waals surface area contributed by atoms with Crippen LogP contribution in [0.5, 0.6) is 0 Å². The zero-order valence-electron chi connectivity index (χ0n) is 7.15. The Morgan fingerprint density at radius 2 is 1.86 bits per heavy atom. The number of carboxylic acid groups (broad SMARTS) is 1. The Hall–Kier alpha value is -1.45. The Bertz CT molecular complexity index is 362. The molecule has 1 aliphatic carbocycles. The highest BCUT2D eigenvalue weighted by molar-refractivity contribution is 5.78. The summed E-state index contributed by atoms with van der Waals surface area (Å²) < 4.78 is 26.0. The molecule has 0 amide bonds. The van der Waals surface area contributed by atoms with Gasteiger partial charge in [-0.25, -0.2) is 8.78 Å². The van der Waals surface area contributed by atoms with E-state index in [4.69, 9.17) is 5.11 Å². The summed E-state index contributed by atoms with van der Waals surface area (Å²) in [4.78, 5) is 10.5. The van der Waals surface area contributed by atoms with Gasteiger partial charge in [0.1, 0.15) is 5.92 Å². The normalized spacial score (nSPS) is 28.4. The van der Waals surface area contributed by atoms with Gasteiger partial charge in [-0.15, -0.1) is 0 Å². The zero-order chi connectivity index (χ0) is 10.3. The summed E-state index contributed by atoms with van der Waals surface area (Å²) in [6, 6.07) is 8.02. The molecule has 1 saturated carbocycles. The Balaban J connectivity index is 2.28. The van der Waals surface area contributed by atoms with E-state index in [2.05, 4.69) is 0 Å². The van der Waals surface area contributed by atoms with Gasteiger partial charge in [-0.2, -0.15) is 0 Å². The van der Waals surface area contributed by atoms with Crippen molar-refractivity contribution in [3.05, 3.63) is 35.9 Å². The molecule has 0 bridgehead atoms. The lowest BCUT2D eigenvalue weighted by Gasteiger charge is -1.95. The van der Waals surface area contributed by atoms with Gasteiger partial charge in [-0.3, -0.25) is 4.79 Å². The molecule has 1 N–H and O–H groups in total. The Morgan fingerprint density at radius 1 is 1.29 bits per heavy atom. The fourth-order valence-corrected chi connectivity index (χ4v) is 1.71. The largest absolute Gasteiger partial charge is 0.481 e. The number of alkyl halides is 2. The molecular formula is C10H8F2O2. The van der Waals surface area contributed by atoms with Crippen LogP contribution in [0.1, 0.15) is 11.5 Å². The molecule has 4 heteroatoms. The van der Waals surface area contributed by atoms with Gasteiger partial charge in [0, 0.05) is 0 Å². The maximum absolute atomic E-state index is 13.0. The smallest absolute Gasteiger partial charge is 0.313 e. The van der Waals surface area contributed by atoms with E-state index in [1.165, 1.54) is 12.1 Å². The van der Waals surface area contributed by atoms with E-state index in [0.29, 0.717) is 5.56 Å². The number of rotatable bonds is 2. The second-order valence-electron chi connectivity index (χ2n) is 3.38. The summed E-state index contributed by atoms with van der Waals surface area (Å²) >= 11 is 0. The van der Waals surface area contributed by atoms with E-state index in [1.54, 1.807) is 18.2 Å². The average molecular weight is 198 g/mol. The highest BCUT2D eigenvalue weighted by Crippen LogP contribution is 2.61. The molecule has 14 heavy (non-hydrogen) atoms. The minimum atomic E-state index is -3.09. The maximum Gasteiger partial charge on any atom is 0.313 e. The molecule has 0 unspecified atom stereocenters. The number of benzene rings is 1. The van der Waals surface area contributed by atoms with Crippen molar-refractivity contribution in [3.63, 3.8) is 0 Å². The van der Waals surface area contributed by atoms with Crippen LogP contribution >= 0.6 is 0 Å². The van der Waals surface area contributed by atoms with Crippen molar-refractivity contribution in [1.82, 2.24) is 0 Å². The Kier molecular flexibility index (Phi) is 1.80. The van der Waals surface area contributed by atoms with Crippen LogP contribution in [0.2, 0.25) is 0 Å². The van der Waals surface area contributed by atoms with Gasteiger partial charge >= 0.3 is 5.97 Å². The van der Waals surface area contributed by atoms with Crippen molar-refractivity contribution in [2.75, 3.05) is 0 Å². The molecule has 74 valence electrons. The van der Waals surface area contributed by atoms with E-state index < -0.39 is 23.7 Å². The summed E-state index contributed by atoms with van der Waals surface area (Å²) in [5.41, 5.74) is 0.393. The van der Waals surface area contributed by atoms with E-state index in [1.807, 2.05) is 0 Å². The Morgan fingerprint density at radius 3 is 2.29 bits per heavy atom. The van der Waals surface area contributed by atoms with Crippen LogP contribution in [0.3, 0.4) is 0 Å². The molecule has 2 atom stereocenters. The van der Waals surface area contributed by atoms with Crippen LogP contribution in [0.15, 0.2) is 30.3 Å². The predicted octanol–water partition coefficient (Wildman–Crippen LogP) is 2.12. The third-order valence-corrected chi connectivity index (χ3v) is 2.48. The molecule has 0 spiro atoms. The number of carboxylic acids is 1. The number of hydrogen-bond donors (Lipinski definition) is 1. The van der Waals surface area contributed by atoms with Gasteiger partial charge < -0.3 is 5.11 Å². The molecule has 0 heterocycles. The molecule has 0 aromatic heterocycles. The van der Waals surface area contributed by atoms with Crippen LogP contribution in [-0.4, -0.2) is 17.0 Å². The maximum atomic E-state index is 13.0. The lowest BCUT2D eigenvalue weighted by molar-refractivity contribution is -0.140. The SMILES string of the molecule is O=C(O)[C@H]1[C@H](c2ccccc2)C1(F)F. The number of aliphatic carboxylic acids is 1. The summed E-state index contributed by atoms with van der Waals surface area (Å²) in [6.45, 7) is 0. The minimum absolute atomic E-state index is 0.393. The first kappa shape index (κ1) is 9.12. The summed E-state index contributed by atoms with van der Waals surface area (Å²) in [6.07, 6.45) is 0. The van der Waals surface area contributed by atoms with Gasteiger partial charge in [0.2, 0.25) is 0 Å². The van der Waals surface area contributed by atoms with E-state index in [9.17, 15) is 13.6 Å². The standard InChI is InChI=1S/C10H8F2O2/c11-10(12)7(8(10)9(13)14)6-4-2-1-3-5-6/h1-5,7-8H,(H,13,14)/t7-,8+/m0/s1. The van der Waals surface area contributed by atoms with Gasteiger partial charge in [0.05, 0.1) is 5.92 Å². The second-order valence-corrected chi connectivity index (χ2v) is 3.38. The van der Waals surface area contributed by atoms with Crippen LogP contribution in [0, 0.1) is 5.92 Å². The highest BCUT2D eigenvalue weighted by atomic mass is 19.3. The monoisotopic (exact) mass is 198 g/mol. The van der Waals surface area contributed by atoms with Gasteiger partial charge in [0.25, 0.3) is 5.92 Å². The summed E-state index contributed by atoms with van der Waals surface area (Å²) in [7, 11) is 0. The molecule has 1 aliphatic rings. The quantitative estimate of drug-likeness (QED) is 0.790. The zero-order valence-corrected chi connectivity index (χ0v) is 7.15. The predicted molar refractivity (Wildman–Crippen MR) is 45.3 cm³/mol. The number of halogens is 2. The molecule has 0 saturated heterocycles. The molecule has 1 aromatic carbocycles. The van der Waals surface area contributed by atoms with E-state index in [0.717, 1.165) is 0 Å². The van der Waals surface area contributed by atoms with Crippen molar-refractivity contribution >= 4 is 5.97 Å². The molecule has 2 nitrogen and oxygen atoms in total. The molecule has 1 fully saturated rings. The average Bonchev–Trinajstić information content (AvgIpc) is 2.71. The third kappa shape index (κ3) is 1.18. The highest BCUT2D eigenvalue weighted by Gasteiger charge is 2.72. The molecule has 0 radical (unpaired) electrons. The van der Waals surface area contributed by atoms with Crippen LogP contribution in [0.4, 0.5) is 8.78 Å². The van der Waals surface area contributed by atoms with E-state index in [-0.39, 0.29) is 0 Å². The van der Waals surface area contributed by atoms with Gasteiger partial charge in [0.15, 0.2) is 0 Å². The lowest BCUT2D eigenvalue weighted by Crippen LogP contribution is -2.04. The van der Waals surface area contributed by atoms with Crippen molar-refractivity contribution in [2.24, 2.45) is 5.92 Å². The van der Waals surface area contributed by atoms with Crippen LogP contribution in [0.25, 0.3) is 0 Å². The van der Waals surface area contributed by atoms with Crippen molar-refractivity contribution in [1.29, 1.82) is 0 Å². The summed E-state index contributed by atoms with van der Waals surface area (Å²) in [5.74, 6) is -7.22. The number of hydrogen-bond acceptors (Lipinski definition) is 1. The molecule has 0 aliphatic heterocycles. The molecule has 1 aromatic rings. The first-order chi connectivity index (χ1) is 6.55. The summed E-state index contributed by atoms with van der Waals surface area (Å²) in [5, 5.41) is 8.54. The molecule has 2 rings (SSSR count). The van der Waals surface area contributed by atoms with Gasteiger partial charge in [-0.1, -0.05) is 30.3 Å². The lowest BCUT2D eigenvalue weighted by atomic mass is 10.1. The topological polar surface area (TPSA) is 37.3 Å². The van der Waals surface area contributed by atoms with Crippen molar-refractivity contribution in [3.8, 4) is 0 Å². The third-order valence-electron chi connectivity index (χ3n) is 2.48.